The molecule has 0 aromatic rings. The van der Waals surface area contributed by atoms with Gasteiger partial charge in [-0.1, -0.05) is 6.92 Å². The second-order valence-electron chi connectivity index (χ2n) is 3.71. The highest BCUT2D eigenvalue weighted by Crippen LogP contribution is 2.27. The highest BCUT2D eigenvalue weighted by atomic mass is 16.7. The van der Waals surface area contributed by atoms with Crippen molar-refractivity contribution < 1.29 is 9.47 Å². The second-order valence-corrected chi connectivity index (χ2v) is 3.71. The number of nitriles is 1. The minimum absolute atomic E-state index is 0.0830. The van der Waals surface area contributed by atoms with Gasteiger partial charge in [-0.05, 0) is 19.8 Å². The first-order chi connectivity index (χ1) is 5.55. The highest BCUT2D eigenvalue weighted by Gasteiger charge is 2.35. The Morgan fingerprint density at radius 1 is 1.67 bits per heavy atom. The molecule has 12 heavy (non-hydrogen) atoms. The van der Waals surface area contributed by atoms with Crippen molar-refractivity contribution in [2.75, 3.05) is 6.61 Å². The molecule has 3 heteroatoms. The van der Waals surface area contributed by atoms with Crippen LogP contribution >= 0.6 is 0 Å². The van der Waals surface area contributed by atoms with E-state index in [1.165, 1.54) is 0 Å². The van der Waals surface area contributed by atoms with Crippen molar-refractivity contribution in [3.05, 3.63) is 0 Å². The van der Waals surface area contributed by atoms with Crippen LogP contribution in [0.4, 0.5) is 0 Å². The molecule has 0 aromatic heterocycles. The third-order valence-corrected chi connectivity index (χ3v) is 2.08. The summed E-state index contributed by atoms with van der Waals surface area (Å²) in [6.07, 6.45) is 0.615. The Balaban J connectivity index is 2.42. The van der Waals surface area contributed by atoms with Crippen molar-refractivity contribution in [1.29, 1.82) is 5.26 Å². The van der Waals surface area contributed by atoms with E-state index in [1.807, 2.05) is 20.8 Å². The maximum atomic E-state index is 8.48. The molecule has 0 spiro atoms. The highest BCUT2D eigenvalue weighted by molar-refractivity contribution is 4.82. The molecule has 0 aliphatic carbocycles. The van der Waals surface area contributed by atoms with Gasteiger partial charge in [-0.15, -0.1) is 0 Å². The first kappa shape index (κ1) is 9.50. The van der Waals surface area contributed by atoms with Crippen LogP contribution in [0.3, 0.4) is 0 Å². The molecule has 0 N–H and O–H groups in total. The second kappa shape index (κ2) is 3.42. The minimum Gasteiger partial charge on any atom is -0.348 e. The van der Waals surface area contributed by atoms with E-state index in [4.69, 9.17) is 14.7 Å². The quantitative estimate of drug-likeness (QED) is 0.631. The molecule has 68 valence electrons. The van der Waals surface area contributed by atoms with Crippen molar-refractivity contribution in [1.82, 2.24) is 0 Å². The molecule has 0 aromatic carbocycles. The standard InChI is InChI=1S/C9H15NO2/c1-7(4-5-10)8-6-11-9(2,3)12-8/h7-8H,4,6H2,1-3H3/t7-,8+/m1/s1. The van der Waals surface area contributed by atoms with Crippen LogP contribution in [0, 0.1) is 17.2 Å². The molecule has 0 radical (unpaired) electrons. The molecular weight excluding hydrogens is 154 g/mol. The molecular formula is C9H15NO2. The maximum absolute atomic E-state index is 8.48. The smallest absolute Gasteiger partial charge is 0.163 e. The third kappa shape index (κ3) is 2.20. The van der Waals surface area contributed by atoms with Crippen LogP contribution in [0.15, 0.2) is 0 Å². The average molecular weight is 169 g/mol. The Morgan fingerprint density at radius 3 is 2.75 bits per heavy atom. The largest absolute Gasteiger partial charge is 0.348 e. The fourth-order valence-corrected chi connectivity index (χ4v) is 1.27. The van der Waals surface area contributed by atoms with Gasteiger partial charge in [0.25, 0.3) is 0 Å². The van der Waals surface area contributed by atoms with Gasteiger partial charge in [-0.3, -0.25) is 0 Å². The normalized spacial score (nSPS) is 29.7. The van der Waals surface area contributed by atoms with Gasteiger partial charge in [0, 0.05) is 6.42 Å². The van der Waals surface area contributed by atoms with Gasteiger partial charge in [0.05, 0.1) is 18.8 Å². The van der Waals surface area contributed by atoms with Gasteiger partial charge in [0.2, 0.25) is 0 Å². The Bertz CT molecular complexity index is 195. The first-order valence-corrected chi connectivity index (χ1v) is 4.24. The average Bonchev–Trinajstić information content (AvgIpc) is 2.31. The Labute approximate surface area is 73.3 Å². The monoisotopic (exact) mass is 169 g/mol. The van der Waals surface area contributed by atoms with Crippen LogP contribution < -0.4 is 0 Å². The van der Waals surface area contributed by atoms with E-state index in [2.05, 4.69) is 6.07 Å². The van der Waals surface area contributed by atoms with E-state index >= 15 is 0 Å². The summed E-state index contributed by atoms with van der Waals surface area (Å²) in [5, 5.41) is 8.48. The van der Waals surface area contributed by atoms with Crippen molar-refractivity contribution in [2.45, 2.75) is 39.1 Å². The van der Waals surface area contributed by atoms with Crippen molar-refractivity contribution in [2.24, 2.45) is 5.92 Å². The Kier molecular flexibility index (Phi) is 2.71. The molecule has 3 nitrogen and oxygen atoms in total. The van der Waals surface area contributed by atoms with Gasteiger partial charge in [-0.2, -0.15) is 5.26 Å². The SMILES string of the molecule is C[C@H](CC#N)[C@@H]1COC(C)(C)O1. The minimum atomic E-state index is -0.464. The zero-order valence-corrected chi connectivity index (χ0v) is 7.83. The van der Waals surface area contributed by atoms with Crippen LogP contribution in [0.1, 0.15) is 27.2 Å². The van der Waals surface area contributed by atoms with E-state index in [-0.39, 0.29) is 12.0 Å². The number of ether oxygens (including phenoxy) is 2. The van der Waals surface area contributed by atoms with Crippen LogP contribution in [-0.4, -0.2) is 18.5 Å². The number of nitrogens with zero attached hydrogens (tertiary/aromatic N) is 1. The van der Waals surface area contributed by atoms with E-state index in [0.29, 0.717) is 13.0 Å². The summed E-state index contributed by atoms with van der Waals surface area (Å²) < 4.78 is 11.0. The van der Waals surface area contributed by atoms with Gasteiger partial charge in [0.15, 0.2) is 5.79 Å². The number of hydrogen-bond donors (Lipinski definition) is 0. The van der Waals surface area contributed by atoms with Gasteiger partial charge >= 0.3 is 0 Å². The van der Waals surface area contributed by atoms with Crippen molar-refractivity contribution in [3.8, 4) is 6.07 Å². The molecule has 2 atom stereocenters. The lowest BCUT2D eigenvalue weighted by Gasteiger charge is -2.19. The van der Waals surface area contributed by atoms with Crippen LogP contribution in [0.5, 0.6) is 0 Å². The summed E-state index contributed by atoms with van der Waals surface area (Å²) in [6.45, 7) is 6.41. The van der Waals surface area contributed by atoms with Crippen LogP contribution in [0.25, 0.3) is 0 Å². The predicted octanol–water partition coefficient (Wildman–Crippen LogP) is 1.69. The van der Waals surface area contributed by atoms with E-state index in [1.54, 1.807) is 0 Å². The number of hydrogen-bond acceptors (Lipinski definition) is 3. The van der Waals surface area contributed by atoms with Gasteiger partial charge in [-0.25, -0.2) is 0 Å². The first-order valence-electron chi connectivity index (χ1n) is 4.24. The van der Waals surface area contributed by atoms with E-state index in [9.17, 15) is 0 Å². The molecule has 0 amide bonds. The fraction of sp³-hybridized carbons (Fsp3) is 0.889. The van der Waals surface area contributed by atoms with Crippen LogP contribution in [0.2, 0.25) is 0 Å². The molecule has 1 fully saturated rings. The van der Waals surface area contributed by atoms with Crippen LogP contribution in [-0.2, 0) is 9.47 Å². The summed E-state index contributed by atoms with van der Waals surface area (Å²) in [6, 6.07) is 2.14. The fourth-order valence-electron chi connectivity index (χ4n) is 1.27. The molecule has 0 saturated carbocycles. The van der Waals surface area contributed by atoms with Crippen molar-refractivity contribution >= 4 is 0 Å². The summed E-state index contributed by atoms with van der Waals surface area (Å²) >= 11 is 0. The lowest BCUT2D eigenvalue weighted by Crippen LogP contribution is -2.25. The molecule has 1 aliphatic heterocycles. The summed E-state index contributed by atoms with van der Waals surface area (Å²) in [4.78, 5) is 0. The molecule has 1 heterocycles. The lowest BCUT2D eigenvalue weighted by atomic mass is 10.0. The van der Waals surface area contributed by atoms with E-state index in [0.717, 1.165) is 0 Å². The lowest BCUT2D eigenvalue weighted by molar-refractivity contribution is -0.143. The Morgan fingerprint density at radius 2 is 2.33 bits per heavy atom. The topological polar surface area (TPSA) is 42.2 Å². The molecule has 1 saturated heterocycles. The maximum Gasteiger partial charge on any atom is 0.163 e. The van der Waals surface area contributed by atoms with Crippen molar-refractivity contribution in [3.63, 3.8) is 0 Å². The van der Waals surface area contributed by atoms with Gasteiger partial charge in [0.1, 0.15) is 0 Å². The molecule has 0 bridgehead atoms. The Hall–Kier alpha value is -0.590. The van der Waals surface area contributed by atoms with E-state index < -0.39 is 5.79 Å². The molecule has 1 rings (SSSR count). The van der Waals surface area contributed by atoms with Gasteiger partial charge < -0.3 is 9.47 Å². The zero-order chi connectivity index (χ0) is 9.19. The number of rotatable bonds is 2. The predicted molar refractivity (Wildman–Crippen MR) is 44.3 cm³/mol. The molecule has 0 unspecified atom stereocenters. The summed E-state index contributed by atoms with van der Waals surface area (Å²) in [5.41, 5.74) is 0. The molecule has 1 aliphatic rings. The zero-order valence-electron chi connectivity index (χ0n) is 7.83. The summed E-state index contributed by atoms with van der Waals surface area (Å²) in [7, 11) is 0. The summed E-state index contributed by atoms with van der Waals surface area (Å²) in [5.74, 6) is -0.203. The third-order valence-electron chi connectivity index (χ3n) is 2.08.